The van der Waals surface area contributed by atoms with Gasteiger partial charge in [-0.1, -0.05) is 38.5 Å². The van der Waals surface area contributed by atoms with Crippen LogP contribution in [0.15, 0.2) is 61.1 Å². The Bertz CT molecular complexity index is 1360. The van der Waals surface area contributed by atoms with Crippen molar-refractivity contribution in [3.8, 4) is 11.4 Å². The molecule has 36 heavy (non-hydrogen) atoms. The number of hydrogen-bond donors (Lipinski definition) is 3. The van der Waals surface area contributed by atoms with Crippen molar-refractivity contribution < 1.29 is 0 Å². The number of hydrogen-bond acceptors (Lipinski definition) is 7. The number of fused-ring (bicyclic) bond motifs is 1. The standard InChI is InChI=1S/C29H33N7/c1-29(2)18-30-14-12-24(29)35-28-26-22(19-7-5-8-19)16-31-17-23(26)34-27(36-28)20-9-6-10-21(15-20)33-25-11-3-4-13-32-25/h3-4,6,9-11,13,15-17,19,24,30H,5,7-8,12,14,18H2,1-2H3,(H,32,33)(H,34,35,36)/t24-/m0/s1. The average molecular weight is 480 g/mol. The monoisotopic (exact) mass is 479 g/mol. The van der Waals surface area contributed by atoms with Gasteiger partial charge in [0.1, 0.15) is 11.6 Å². The Labute approximate surface area is 212 Å². The maximum absolute atomic E-state index is 5.17. The quantitative estimate of drug-likeness (QED) is 0.317. The van der Waals surface area contributed by atoms with E-state index in [9.17, 15) is 0 Å². The number of rotatable bonds is 6. The molecule has 0 unspecified atom stereocenters. The molecular formula is C29H33N7. The number of pyridine rings is 2. The first-order chi connectivity index (χ1) is 17.6. The fourth-order valence-corrected chi connectivity index (χ4v) is 5.30. The third-order valence-corrected chi connectivity index (χ3v) is 7.68. The zero-order valence-corrected chi connectivity index (χ0v) is 21.0. The van der Waals surface area contributed by atoms with E-state index < -0.39 is 0 Å². The molecule has 184 valence electrons. The van der Waals surface area contributed by atoms with Gasteiger partial charge in [0.05, 0.1) is 11.7 Å². The maximum atomic E-state index is 5.17. The van der Waals surface area contributed by atoms with Crippen LogP contribution in [0.25, 0.3) is 22.3 Å². The smallest absolute Gasteiger partial charge is 0.162 e. The molecule has 1 saturated heterocycles. The van der Waals surface area contributed by atoms with Crippen molar-refractivity contribution in [1.82, 2.24) is 25.3 Å². The molecule has 0 radical (unpaired) electrons. The number of piperidine rings is 1. The fraction of sp³-hybridized carbons (Fsp3) is 0.379. The van der Waals surface area contributed by atoms with E-state index >= 15 is 0 Å². The van der Waals surface area contributed by atoms with E-state index in [0.717, 1.165) is 53.3 Å². The highest BCUT2D eigenvalue weighted by Crippen LogP contribution is 2.42. The van der Waals surface area contributed by atoms with Crippen LogP contribution < -0.4 is 16.0 Å². The lowest BCUT2D eigenvalue weighted by molar-refractivity contribution is 0.236. The highest BCUT2D eigenvalue weighted by atomic mass is 15.1. The van der Waals surface area contributed by atoms with Gasteiger partial charge in [-0.05, 0) is 67.0 Å². The van der Waals surface area contributed by atoms with Crippen molar-refractivity contribution in [2.75, 3.05) is 23.7 Å². The van der Waals surface area contributed by atoms with Crippen molar-refractivity contribution in [1.29, 1.82) is 0 Å². The summed E-state index contributed by atoms with van der Waals surface area (Å²) < 4.78 is 0. The predicted molar refractivity (Wildman–Crippen MR) is 146 cm³/mol. The molecule has 7 nitrogen and oxygen atoms in total. The van der Waals surface area contributed by atoms with E-state index in [0.29, 0.717) is 17.8 Å². The van der Waals surface area contributed by atoms with Crippen LogP contribution in [0.5, 0.6) is 0 Å². The Balaban J connectivity index is 1.43. The van der Waals surface area contributed by atoms with E-state index in [-0.39, 0.29) is 5.41 Å². The Kier molecular flexibility index (Phi) is 6.01. The molecule has 0 amide bonds. The van der Waals surface area contributed by atoms with Gasteiger partial charge in [0.25, 0.3) is 0 Å². The number of nitrogens with one attached hydrogen (secondary N) is 3. The van der Waals surface area contributed by atoms with Crippen LogP contribution in [0.3, 0.4) is 0 Å². The second-order valence-electron chi connectivity index (χ2n) is 10.7. The van der Waals surface area contributed by atoms with Crippen molar-refractivity contribution >= 4 is 28.2 Å². The van der Waals surface area contributed by atoms with Crippen LogP contribution in [-0.2, 0) is 0 Å². The topological polar surface area (TPSA) is 87.7 Å². The Morgan fingerprint density at radius 1 is 1.00 bits per heavy atom. The molecule has 1 aliphatic heterocycles. The zero-order chi connectivity index (χ0) is 24.5. The van der Waals surface area contributed by atoms with Crippen molar-refractivity contribution in [3.63, 3.8) is 0 Å². The van der Waals surface area contributed by atoms with Crippen LogP contribution in [0.1, 0.15) is 51.0 Å². The SMILES string of the molecule is CC1(C)CNCC[C@@H]1Nc1nc(-c2cccc(Nc3ccccn3)c2)nc2cncc(C3CCC3)c12. The van der Waals surface area contributed by atoms with Gasteiger partial charge in [0, 0.05) is 41.6 Å². The first-order valence-electron chi connectivity index (χ1n) is 13.0. The second-order valence-corrected chi connectivity index (χ2v) is 10.7. The minimum absolute atomic E-state index is 0.117. The molecule has 1 aromatic carbocycles. The van der Waals surface area contributed by atoms with Gasteiger partial charge >= 0.3 is 0 Å². The second kappa shape index (κ2) is 9.47. The average Bonchev–Trinajstić information content (AvgIpc) is 2.85. The molecule has 1 aliphatic carbocycles. The lowest BCUT2D eigenvalue weighted by atomic mass is 9.78. The first-order valence-corrected chi connectivity index (χ1v) is 13.0. The highest BCUT2D eigenvalue weighted by molar-refractivity contribution is 5.93. The first kappa shape index (κ1) is 22.9. The minimum atomic E-state index is 0.117. The number of anilines is 3. The number of aromatic nitrogens is 4. The molecule has 0 spiro atoms. The van der Waals surface area contributed by atoms with Crippen LogP contribution in [0.4, 0.5) is 17.3 Å². The molecule has 4 heterocycles. The number of benzene rings is 1. The van der Waals surface area contributed by atoms with Crippen LogP contribution in [0.2, 0.25) is 0 Å². The van der Waals surface area contributed by atoms with Crippen LogP contribution >= 0.6 is 0 Å². The summed E-state index contributed by atoms with van der Waals surface area (Å²) >= 11 is 0. The van der Waals surface area contributed by atoms with Gasteiger partial charge < -0.3 is 16.0 Å². The summed E-state index contributed by atoms with van der Waals surface area (Å²) in [5.41, 5.74) is 4.21. The summed E-state index contributed by atoms with van der Waals surface area (Å²) in [6.07, 6.45) is 10.5. The van der Waals surface area contributed by atoms with Gasteiger partial charge in [0.15, 0.2) is 5.82 Å². The van der Waals surface area contributed by atoms with E-state index in [4.69, 9.17) is 9.97 Å². The Hall–Kier alpha value is -3.58. The normalized spacial score (nSPS) is 19.6. The van der Waals surface area contributed by atoms with E-state index in [1.54, 1.807) is 6.20 Å². The highest BCUT2D eigenvalue weighted by Gasteiger charge is 2.33. The number of nitrogens with zero attached hydrogens (tertiary/aromatic N) is 4. The van der Waals surface area contributed by atoms with Gasteiger partial charge in [-0.3, -0.25) is 4.98 Å². The predicted octanol–water partition coefficient (Wildman–Crippen LogP) is 5.90. The molecule has 2 aliphatic rings. The minimum Gasteiger partial charge on any atom is -0.366 e. The Morgan fingerprint density at radius 2 is 1.92 bits per heavy atom. The lowest BCUT2D eigenvalue weighted by Gasteiger charge is -2.40. The van der Waals surface area contributed by atoms with Crippen molar-refractivity contribution in [3.05, 3.63) is 66.6 Å². The Morgan fingerprint density at radius 3 is 2.69 bits per heavy atom. The largest absolute Gasteiger partial charge is 0.366 e. The third kappa shape index (κ3) is 4.51. The zero-order valence-electron chi connectivity index (χ0n) is 21.0. The fourth-order valence-electron chi connectivity index (χ4n) is 5.30. The van der Waals surface area contributed by atoms with Crippen LogP contribution in [0, 0.1) is 5.41 Å². The van der Waals surface area contributed by atoms with Gasteiger partial charge in [-0.25, -0.2) is 15.0 Å². The summed E-state index contributed by atoms with van der Waals surface area (Å²) in [7, 11) is 0. The van der Waals surface area contributed by atoms with E-state index in [1.165, 1.54) is 24.8 Å². The van der Waals surface area contributed by atoms with Gasteiger partial charge in [0.2, 0.25) is 0 Å². The maximum Gasteiger partial charge on any atom is 0.162 e. The lowest BCUT2D eigenvalue weighted by Crippen LogP contribution is -2.49. The summed E-state index contributed by atoms with van der Waals surface area (Å²) in [6.45, 7) is 6.64. The molecule has 1 atom stereocenters. The summed E-state index contributed by atoms with van der Waals surface area (Å²) in [6, 6.07) is 14.4. The summed E-state index contributed by atoms with van der Waals surface area (Å²) in [5, 5.41) is 11.9. The molecule has 4 aromatic rings. The summed E-state index contributed by atoms with van der Waals surface area (Å²) in [4.78, 5) is 19.2. The molecule has 7 heteroatoms. The molecule has 0 bridgehead atoms. The summed E-state index contributed by atoms with van der Waals surface area (Å²) in [5.74, 6) is 2.98. The van der Waals surface area contributed by atoms with Gasteiger partial charge in [-0.15, -0.1) is 0 Å². The molecule has 3 N–H and O–H groups in total. The molecule has 2 fully saturated rings. The molecule has 3 aromatic heterocycles. The molecular weight excluding hydrogens is 446 g/mol. The van der Waals surface area contributed by atoms with Crippen molar-refractivity contribution in [2.45, 2.75) is 51.5 Å². The molecule has 6 rings (SSSR count). The third-order valence-electron chi connectivity index (χ3n) is 7.68. The van der Waals surface area contributed by atoms with E-state index in [2.05, 4.69) is 51.9 Å². The molecule has 1 saturated carbocycles. The van der Waals surface area contributed by atoms with E-state index in [1.807, 2.05) is 42.7 Å². The van der Waals surface area contributed by atoms with Gasteiger partial charge in [-0.2, -0.15) is 0 Å². The van der Waals surface area contributed by atoms with Crippen LogP contribution in [-0.4, -0.2) is 39.1 Å². The van der Waals surface area contributed by atoms with Crippen molar-refractivity contribution in [2.24, 2.45) is 5.41 Å².